The van der Waals surface area contributed by atoms with Crippen LogP contribution in [0.3, 0.4) is 0 Å². The summed E-state index contributed by atoms with van der Waals surface area (Å²) in [5.41, 5.74) is 2.91. The Balaban J connectivity index is 2.40. The smallest absolute Gasteiger partial charge is 0.229 e. The van der Waals surface area contributed by atoms with E-state index in [0.717, 1.165) is 22.6 Å². The summed E-state index contributed by atoms with van der Waals surface area (Å²) in [5, 5.41) is 3.04. The van der Waals surface area contributed by atoms with Gasteiger partial charge in [0.05, 0.1) is 18.4 Å². The van der Waals surface area contributed by atoms with Crippen LogP contribution in [0.1, 0.15) is 11.3 Å². The van der Waals surface area contributed by atoms with Crippen molar-refractivity contribution in [1.29, 1.82) is 0 Å². The van der Waals surface area contributed by atoms with Gasteiger partial charge in [0, 0.05) is 6.54 Å². The summed E-state index contributed by atoms with van der Waals surface area (Å²) in [6.07, 6.45) is 1.66. The van der Waals surface area contributed by atoms with Gasteiger partial charge in [-0.25, -0.2) is 4.98 Å². The first kappa shape index (κ1) is 11.7. The third-order valence-electron chi connectivity index (χ3n) is 2.50. The molecule has 1 N–H and O–H groups in total. The Hall–Kier alpha value is -1.81. The fraction of sp³-hybridized carbons (Fsp3) is 0.308. The Labute approximate surface area is 101 Å². The number of oxazole rings is 1. The average molecular weight is 232 g/mol. The van der Waals surface area contributed by atoms with Crippen LogP contribution in [-0.2, 0) is 6.54 Å². The van der Waals surface area contributed by atoms with E-state index in [2.05, 4.69) is 10.3 Å². The third kappa shape index (κ3) is 2.47. The first-order valence-electron chi connectivity index (χ1n) is 5.48. The minimum Gasteiger partial charge on any atom is -0.496 e. The van der Waals surface area contributed by atoms with Gasteiger partial charge in [-0.15, -0.1) is 0 Å². The number of aryl methyl sites for hydroxylation is 1. The summed E-state index contributed by atoms with van der Waals surface area (Å²) >= 11 is 0. The summed E-state index contributed by atoms with van der Waals surface area (Å²) < 4.78 is 10.8. The lowest BCUT2D eigenvalue weighted by atomic mass is 10.1. The molecule has 0 unspecified atom stereocenters. The molecule has 0 saturated heterocycles. The molecular weight excluding hydrogens is 216 g/mol. The van der Waals surface area contributed by atoms with Crippen LogP contribution in [0.15, 0.2) is 28.9 Å². The van der Waals surface area contributed by atoms with Gasteiger partial charge in [0.25, 0.3) is 0 Å². The molecule has 0 saturated carbocycles. The van der Waals surface area contributed by atoms with E-state index in [9.17, 15) is 0 Å². The zero-order chi connectivity index (χ0) is 12.3. The van der Waals surface area contributed by atoms with Gasteiger partial charge in [-0.2, -0.15) is 0 Å². The molecular formula is C13H16N2O2. The van der Waals surface area contributed by atoms with Crippen molar-refractivity contribution in [1.82, 2.24) is 10.3 Å². The minimum atomic E-state index is 0.593. The zero-order valence-corrected chi connectivity index (χ0v) is 10.3. The molecule has 1 aromatic heterocycles. The quantitative estimate of drug-likeness (QED) is 0.879. The summed E-state index contributed by atoms with van der Waals surface area (Å²) in [7, 11) is 3.52. The van der Waals surface area contributed by atoms with Crippen LogP contribution in [0, 0.1) is 6.92 Å². The first-order valence-corrected chi connectivity index (χ1v) is 5.48. The zero-order valence-electron chi connectivity index (χ0n) is 10.3. The molecule has 1 aromatic carbocycles. The van der Waals surface area contributed by atoms with E-state index in [1.807, 2.05) is 32.2 Å². The number of nitrogens with one attached hydrogen (secondary N) is 1. The van der Waals surface area contributed by atoms with Gasteiger partial charge in [0.2, 0.25) is 5.89 Å². The van der Waals surface area contributed by atoms with Crippen molar-refractivity contribution in [2.75, 3.05) is 14.2 Å². The Morgan fingerprint density at radius 3 is 2.94 bits per heavy atom. The molecule has 2 aromatic rings. The van der Waals surface area contributed by atoms with Crippen molar-refractivity contribution in [3.8, 4) is 17.2 Å². The Kier molecular flexibility index (Phi) is 3.44. The number of hydrogen-bond acceptors (Lipinski definition) is 4. The molecule has 0 aliphatic heterocycles. The number of aromatic nitrogens is 1. The number of ether oxygens (including phenoxy) is 1. The highest BCUT2D eigenvalue weighted by atomic mass is 16.5. The van der Waals surface area contributed by atoms with Crippen molar-refractivity contribution < 1.29 is 9.15 Å². The maximum Gasteiger partial charge on any atom is 0.229 e. The average Bonchev–Trinajstić information content (AvgIpc) is 2.78. The molecule has 2 rings (SSSR count). The predicted octanol–water partition coefficient (Wildman–Crippen LogP) is 2.38. The van der Waals surface area contributed by atoms with Crippen LogP contribution in [0.4, 0.5) is 0 Å². The molecule has 0 aliphatic rings. The second kappa shape index (κ2) is 5.01. The minimum absolute atomic E-state index is 0.593. The van der Waals surface area contributed by atoms with Crippen LogP contribution in [0.5, 0.6) is 5.75 Å². The predicted molar refractivity (Wildman–Crippen MR) is 66.0 cm³/mol. The highest BCUT2D eigenvalue weighted by Crippen LogP contribution is 2.30. The van der Waals surface area contributed by atoms with Gasteiger partial charge in [-0.3, -0.25) is 0 Å². The summed E-state index contributed by atoms with van der Waals surface area (Å²) in [6, 6.07) is 5.93. The fourth-order valence-corrected chi connectivity index (χ4v) is 1.68. The molecule has 0 radical (unpaired) electrons. The van der Waals surface area contributed by atoms with Crippen LogP contribution < -0.4 is 10.1 Å². The van der Waals surface area contributed by atoms with E-state index in [4.69, 9.17) is 9.15 Å². The van der Waals surface area contributed by atoms with E-state index in [-0.39, 0.29) is 0 Å². The summed E-state index contributed by atoms with van der Waals surface area (Å²) in [4.78, 5) is 4.41. The molecule has 4 nitrogen and oxygen atoms in total. The Morgan fingerprint density at radius 1 is 1.41 bits per heavy atom. The highest BCUT2D eigenvalue weighted by Gasteiger charge is 2.11. The van der Waals surface area contributed by atoms with Crippen molar-refractivity contribution >= 4 is 0 Å². The third-order valence-corrected chi connectivity index (χ3v) is 2.50. The number of benzene rings is 1. The van der Waals surface area contributed by atoms with Crippen molar-refractivity contribution in [2.24, 2.45) is 0 Å². The number of hydrogen-bond donors (Lipinski definition) is 1. The maximum absolute atomic E-state index is 5.47. The van der Waals surface area contributed by atoms with E-state index in [1.165, 1.54) is 0 Å². The van der Waals surface area contributed by atoms with Crippen LogP contribution >= 0.6 is 0 Å². The SMILES string of the molecule is CNCc1coc(-c2cc(C)ccc2OC)n1. The largest absolute Gasteiger partial charge is 0.496 e. The van der Waals surface area contributed by atoms with Crippen molar-refractivity contribution in [2.45, 2.75) is 13.5 Å². The first-order chi connectivity index (χ1) is 8.24. The van der Waals surface area contributed by atoms with Gasteiger partial charge < -0.3 is 14.5 Å². The van der Waals surface area contributed by atoms with Gasteiger partial charge in [-0.1, -0.05) is 11.6 Å². The van der Waals surface area contributed by atoms with Gasteiger partial charge >= 0.3 is 0 Å². The van der Waals surface area contributed by atoms with Crippen molar-refractivity contribution in [3.63, 3.8) is 0 Å². The summed E-state index contributed by atoms with van der Waals surface area (Å²) in [6.45, 7) is 2.72. The van der Waals surface area contributed by atoms with Gasteiger partial charge in [0.1, 0.15) is 12.0 Å². The van der Waals surface area contributed by atoms with E-state index >= 15 is 0 Å². The lowest BCUT2D eigenvalue weighted by Gasteiger charge is -2.05. The second-order valence-electron chi connectivity index (χ2n) is 3.88. The molecule has 1 heterocycles. The lowest BCUT2D eigenvalue weighted by Crippen LogP contribution is -2.04. The van der Waals surface area contributed by atoms with Crippen LogP contribution in [-0.4, -0.2) is 19.1 Å². The number of rotatable bonds is 4. The van der Waals surface area contributed by atoms with Crippen molar-refractivity contribution in [3.05, 3.63) is 35.7 Å². The molecule has 0 fully saturated rings. The van der Waals surface area contributed by atoms with E-state index < -0.39 is 0 Å². The molecule has 4 heteroatoms. The van der Waals surface area contributed by atoms with E-state index in [1.54, 1.807) is 13.4 Å². The molecule has 17 heavy (non-hydrogen) atoms. The molecule has 0 aliphatic carbocycles. The fourth-order valence-electron chi connectivity index (χ4n) is 1.68. The summed E-state index contributed by atoms with van der Waals surface area (Å²) in [5.74, 6) is 1.37. The Bertz CT molecular complexity index is 506. The molecule has 0 amide bonds. The number of methoxy groups -OCH3 is 1. The molecule has 0 bridgehead atoms. The monoisotopic (exact) mass is 232 g/mol. The maximum atomic E-state index is 5.47. The van der Waals surface area contributed by atoms with Gasteiger partial charge in [-0.05, 0) is 26.1 Å². The van der Waals surface area contributed by atoms with Crippen LogP contribution in [0.2, 0.25) is 0 Å². The molecule has 0 atom stereocenters. The lowest BCUT2D eigenvalue weighted by molar-refractivity contribution is 0.414. The molecule has 0 spiro atoms. The highest BCUT2D eigenvalue weighted by molar-refractivity contribution is 5.63. The van der Waals surface area contributed by atoms with Crippen LogP contribution in [0.25, 0.3) is 11.5 Å². The van der Waals surface area contributed by atoms with Gasteiger partial charge in [0.15, 0.2) is 0 Å². The Morgan fingerprint density at radius 2 is 2.24 bits per heavy atom. The standard InChI is InChI=1S/C13H16N2O2/c1-9-4-5-12(16-3)11(6-9)13-15-10(7-14-2)8-17-13/h4-6,8,14H,7H2,1-3H3. The van der Waals surface area contributed by atoms with E-state index in [0.29, 0.717) is 12.4 Å². The normalized spacial score (nSPS) is 10.5. The molecule has 90 valence electrons. The topological polar surface area (TPSA) is 47.3 Å². The number of nitrogens with zero attached hydrogens (tertiary/aromatic N) is 1. The second-order valence-corrected chi connectivity index (χ2v) is 3.88.